The third-order valence-corrected chi connectivity index (χ3v) is 2.96. The molecule has 0 amide bonds. The molecule has 0 aliphatic rings. The minimum atomic E-state index is 0.618. The fraction of sp³-hybridized carbons (Fsp3) is 0.143. The van der Waals surface area contributed by atoms with Crippen LogP contribution in [0.3, 0.4) is 0 Å². The van der Waals surface area contributed by atoms with Gasteiger partial charge in [-0.05, 0) is 24.6 Å². The van der Waals surface area contributed by atoms with Crippen molar-refractivity contribution in [2.45, 2.75) is 6.42 Å². The Morgan fingerprint density at radius 3 is 2.61 bits per heavy atom. The Kier molecular flexibility index (Phi) is 2.78. The van der Waals surface area contributed by atoms with E-state index in [9.17, 15) is 0 Å². The summed E-state index contributed by atoms with van der Waals surface area (Å²) in [5.74, 6) is 0.865. The molecule has 0 saturated heterocycles. The molecule has 4 nitrogen and oxygen atoms in total. The summed E-state index contributed by atoms with van der Waals surface area (Å²) in [6.07, 6.45) is 2.80. The maximum Gasteiger partial charge on any atom is 0.168 e. The number of nitrogens with zero attached hydrogens (tertiary/aromatic N) is 3. The van der Waals surface area contributed by atoms with Crippen molar-refractivity contribution in [1.29, 1.82) is 0 Å². The molecule has 0 atom stereocenters. The van der Waals surface area contributed by atoms with E-state index in [1.807, 2.05) is 53.1 Å². The zero-order valence-corrected chi connectivity index (χ0v) is 9.95. The molecule has 0 bridgehead atoms. The van der Waals surface area contributed by atoms with Crippen LogP contribution in [0.2, 0.25) is 0 Å². The molecule has 0 spiro atoms. The van der Waals surface area contributed by atoms with Crippen LogP contribution in [0.25, 0.3) is 17.0 Å². The third-order valence-electron chi connectivity index (χ3n) is 2.96. The minimum Gasteiger partial charge on any atom is -0.330 e. The van der Waals surface area contributed by atoms with E-state index in [4.69, 9.17) is 5.73 Å². The number of nitrogens with two attached hydrogens (primary N) is 1. The van der Waals surface area contributed by atoms with Crippen molar-refractivity contribution in [1.82, 2.24) is 14.6 Å². The highest BCUT2D eigenvalue weighted by atomic mass is 15.2. The van der Waals surface area contributed by atoms with Crippen molar-refractivity contribution < 1.29 is 0 Å². The lowest BCUT2D eigenvalue weighted by Gasteiger charge is -2.02. The molecule has 3 rings (SSSR count). The molecular weight excluding hydrogens is 224 g/mol. The van der Waals surface area contributed by atoms with Crippen LogP contribution in [-0.4, -0.2) is 21.1 Å². The van der Waals surface area contributed by atoms with E-state index in [1.54, 1.807) is 0 Å². The Morgan fingerprint density at radius 2 is 1.83 bits per heavy atom. The average Bonchev–Trinajstić information content (AvgIpc) is 2.85. The van der Waals surface area contributed by atoms with Gasteiger partial charge in [0.2, 0.25) is 0 Å². The van der Waals surface area contributed by atoms with Crippen LogP contribution in [0.5, 0.6) is 0 Å². The molecule has 90 valence electrons. The standard InChI is InChI=1S/C14H14N4/c15-9-8-12-7-4-10-18-13(16-17-14(12)18)11-5-2-1-3-6-11/h1-7,10H,8-9,15H2. The van der Waals surface area contributed by atoms with Gasteiger partial charge < -0.3 is 5.73 Å². The van der Waals surface area contributed by atoms with E-state index < -0.39 is 0 Å². The van der Waals surface area contributed by atoms with Crippen molar-refractivity contribution >= 4 is 5.65 Å². The SMILES string of the molecule is NCCc1cccn2c(-c3ccccc3)nnc12. The van der Waals surface area contributed by atoms with Crippen molar-refractivity contribution in [2.75, 3.05) is 6.54 Å². The summed E-state index contributed by atoms with van der Waals surface area (Å²) in [6, 6.07) is 14.1. The first-order chi connectivity index (χ1) is 8.90. The Balaban J connectivity index is 2.18. The molecule has 0 aliphatic carbocycles. The van der Waals surface area contributed by atoms with E-state index in [-0.39, 0.29) is 0 Å². The number of benzene rings is 1. The summed E-state index contributed by atoms with van der Waals surface area (Å²) in [5.41, 5.74) is 8.70. The molecule has 0 aliphatic heterocycles. The Hall–Kier alpha value is -2.20. The first-order valence-electron chi connectivity index (χ1n) is 5.98. The van der Waals surface area contributed by atoms with Crippen LogP contribution >= 0.6 is 0 Å². The smallest absolute Gasteiger partial charge is 0.168 e. The molecule has 2 heterocycles. The highest BCUT2D eigenvalue weighted by molar-refractivity contribution is 5.61. The van der Waals surface area contributed by atoms with Gasteiger partial charge in [0.15, 0.2) is 11.5 Å². The van der Waals surface area contributed by atoms with Crippen molar-refractivity contribution in [3.63, 3.8) is 0 Å². The maximum atomic E-state index is 5.61. The van der Waals surface area contributed by atoms with Crippen LogP contribution < -0.4 is 5.73 Å². The van der Waals surface area contributed by atoms with E-state index in [0.717, 1.165) is 29.0 Å². The van der Waals surface area contributed by atoms with Crippen LogP contribution in [0.1, 0.15) is 5.56 Å². The number of hydrogen-bond acceptors (Lipinski definition) is 3. The second-order valence-electron chi connectivity index (χ2n) is 4.16. The lowest BCUT2D eigenvalue weighted by Crippen LogP contribution is -2.04. The molecule has 0 fully saturated rings. The fourth-order valence-electron chi connectivity index (χ4n) is 2.11. The molecule has 3 aromatic rings. The van der Waals surface area contributed by atoms with Gasteiger partial charge in [-0.25, -0.2) is 0 Å². The second kappa shape index (κ2) is 4.58. The number of fused-ring (bicyclic) bond motifs is 1. The topological polar surface area (TPSA) is 56.2 Å². The summed E-state index contributed by atoms with van der Waals surface area (Å²) in [6.45, 7) is 0.618. The van der Waals surface area contributed by atoms with Crippen LogP contribution in [0.15, 0.2) is 48.7 Å². The monoisotopic (exact) mass is 238 g/mol. The molecule has 2 N–H and O–H groups in total. The summed E-state index contributed by atoms with van der Waals surface area (Å²) in [4.78, 5) is 0. The van der Waals surface area contributed by atoms with E-state index >= 15 is 0 Å². The summed E-state index contributed by atoms with van der Waals surface area (Å²) < 4.78 is 2.01. The lowest BCUT2D eigenvalue weighted by atomic mass is 10.2. The van der Waals surface area contributed by atoms with Gasteiger partial charge in [0.25, 0.3) is 0 Å². The van der Waals surface area contributed by atoms with Crippen LogP contribution in [-0.2, 0) is 6.42 Å². The average molecular weight is 238 g/mol. The van der Waals surface area contributed by atoms with Gasteiger partial charge in [0, 0.05) is 11.8 Å². The zero-order chi connectivity index (χ0) is 12.4. The predicted molar refractivity (Wildman–Crippen MR) is 71.2 cm³/mol. The first kappa shape index (κ1) is 10.9. The van der Waals surface area contributed by atoms with Crippen molar-refractivity contribution in [3.05, 3.63) is 54.2 Å². The molecule has 0 unspecified atom stereocenters. The van der Waals surface area contributed by atoms with E-state index in [2.05, 4.69) is 10.2 Å². The third kappa shape index (κ3) is 1.76. The Labute approximate surface area is 105 Å². The zero-order valence-electron chi connectivity index (χ0n) is 9.95. The van der Waals surface area contributed by atoms with Gasteiger partial charge in [-0.2, -0.15) is 0 Å². The molecule has 18 heavy (non-hydrogen) atoms. The minimum absolute atomic E-state index is 0.618. The Morgan fingerprint density at radius 1 is 1.00 bits per heavy atom. The number of rotatable bonds is 3. The Bertz CT molecular complexity index is 658. The molecule has 2 aromatic heterocycles. The molecule has 0 saturated carbocycles. The van der Waals surface area contributed by atoms with Gasteiger partial charge in [-0.15, -0.1) is 10.2 Å². The molecule has 1 aromatic carbocycles. The highest BCUT2D eigenvalue weighted by Gasteiger charge is 2.09. The summed E-state index contributed by atoms with van der Waals surface area (Å²) >= 11 is 0. The quantitative estimate of drug-likeness (QED) is 0.758. The van der Waals surface area contributed by atoms with E-state index in [0.29, 0.717) is 6.54 Å². The fourth-order valence-corrected chi connectivity index (χ4v) is 2.11. The van der Waals surface area contributed by atoms with Gasteiger partial charge >= 0.3 is 0 Å². The van der Waals surface area contributed by atoms with Crippen molar-refractivity contribution in [3.8, 4) is 11.4 Å². The van der Waals surface area contributed by atoms with Gasteiger partial charge in [0.1, 0.15) is 0 Å². The molecular formula is C14H14N4. The summed E-state index contributed by atoms with van der Waals surface area (Å²) in [7, 11) is 0. The number of aromatic nitrogens is 3. The van der Waals surface area contributed by atoms with Gasteiger partial charge in [0.05, 0.1) is 0 Å². The highest BCUT2D eigenvalue weighted by Crippen LogP contribution is 2.19. The summed E-state index contributed by atoms with van der Waals surface area (Å²) in [5, 5.41) is 8.55. The number of pyridine rings is 1. The lowest BCUT2D eigenvalue weighted by molar-refractivity contribution is 0.959. The van der Waals surface area contributed by atoms with Crippen LogP contribution in [0.4, 0.5) is 0 Å². The largest absolute Gasteiger partial charge is 0.330 e. The van der Waals surface area contributed by atoms with E-state index in [1.165, 1.54) is 0 Å². The predicted octanol–water partition coefficient (Wildman–Crippen LogP) is 1.90. The van der Waals surface area contributed by atoms with Crippen molar-refractivity contribution in [2.24, 2.45) is 5.73 Å². The van der Waals surface area contributed by atoms with Gasteiger partial charge in [-0.1, -0.05) is 36.4 Å². The molecule has 0 radical (unpaired) electrons. The maximum absolute atomic E-state index is 5.61. The normalized spacial score (nSPS) is 10.9. The molecule has 4 heteroatoms. The van der Waals surface area contributed by atoms with Crippen LogP contribution in [0, 0.1) is 0 Å². The number of hydrogen-bond donors (Lipinski definition) is 1. The first-order valence-corrected chi connectivity index (χ1v) is 5.98. The second-order valence-corrected chi connectivity index (χ2v) is 4.16. The van der Waals surface area contributed by atoms with Gasteiger partial charge in [-0.3, -0.25) is 4.40 Å².